The highest BCUT2D eigenvalue weighted by molar-refractivity contribution is 7.99. The Hall–Kier alpha value is -3.00. The third-order valence-electron chi connectivity index (χ3n) is 3.99. The zero-order valence-electron chi connectivity index (χ0n) is 14.2. The number of aryl methyl sites for hydroxylation is 1. The van der Waals surface area contributed by atoms with Gasteiger partial charge in [-0.25, -0.2) is 4.98 Å². The summed E-state index contributed by atoms with van der Waals surface area (Å²) in [6, 6.07) is 15.3. The molecular formula is C18H16N6OS. The first kappa shape index (κ1) is 16.5. The first-order valence-electron chi connectivity index (χ1n) is 8.13. The van der Waals surface area contributed by atoms with Crippen LogP contribution in [0.3, 0.4) is 0 Å². The monoisotopic (exact) mass is 364 g/mol. The van der Waals surface area contributed by atoms with Crippen LogP contribution in [0.1, 0.15) is 23.6 Å². The molecule has 2 aromatic heterocycles. The molecule has 1 N–H and O–H groups in total. The van der Waals surface area contributed by atoms with Gasteiger partial charge in [0.15, 0.2) is 0 Å². The topological polar surface area (TPSA) is 89.3 Å². The number of H-pyrrole nitrogens is 1. The molecule has 2 heterocycles. The van der Waals surface area contributed by atoms with E-state index in [1.165, 1.54) is 11.8 Å². The Kier molecular flexibility index (Phi) is 4.26. The van der Waals surface area contributed by atoms with E-state index in [1.54, 1.807) is 10.7 Å². The fraction of sp³-hybridized carbons (Fsp3) is 0.167. The maximum absolute atomic E-state index is 12.3. The molecule has 0 aliphatic heterocycles. The van der Waals surface area contributed by atoms with Crippen LogP contribution in [0.5, 0.6) is 0 Å². The van der Waals surface area contributed by atoms with Crippen molar-refractivity contribution in [3.63, 3.8) is 0 Å². The molecule has 0 fully saturated rings. The molecular weight excluding hydrogens is 348 g/mol. The molecule has 0 saturated carbocycles. The first-order valence-corrected chi connectivity index (χ1v) is 9.01. The summed E-state index contributed by atoms with van der Waals surface area (Å²) < 4.78 is 1.69. The Morgan fingerprint density at radius 1 is 1.15 bits per heavy atom. The van der Waals surface area contributed by atoms with E-state index in [2.05, 4.69) is 25.5 Å². The van der Waals surface area contributed by atoms with Crippen molar-refractivity contribution in [2.24, 2.45) is 0 Å². The van der Waals surface area contributed by atoms with Crippen LogP contribution in [0.25, 0.3) is 16.6 Å². The summed E-state index contributed by atoms with van der Waals surface area (Å²) in [4.78, 5) is 19.7. The molecule has 26 heavy (non-hydrogen) atoms. The number of aromatic amines is 1. The number of rotatable bonds is 4. The summed E-state index contributed by atoms with van der Waals surface area (Å²) in [7, 11) is 0. The van der Waals surface area contributed by atoms with E-state index in [0.717, 1.165) is 11.3 Å². The van der Waals surface area contributed by atoms with Gasteiger partial charge in [-0.15, -0.1) is 5.10 Å². The third-order valence-corrected chi connectivity index (χ3v) is 5.03. The van der Waals surface area contributed by atoms with E-state index in [9.17, 15) is 4.79 Å². The number of fused-ring (bicyclic) bond motifs is 1. The smallest absolute Gasteiger partial charge is 0.258 e. The van der Waals surface area contributed by atoms with Gasteiger partial charge in [0.2, 0.25) is 5.16 Å². The van der Waals surface area contributed by atoms with Gasteiger partial charge in [-0.2, -0.15) is 4.68 Å². The van der Waals surface area contributed by atoms with Crippen molar-refractivity contribution in [1.82, 2.24) is 30.2 Å². The molecule has 4 rings (SSSR count). The SMILES string of the molecule is Cc1cccc(-n2nnnc2SC(C)c2nc3ccccc3c(=O)[nH]2)c1. The number of nitrogens with zero attached hydrogens (tertiary/aromatic N) is 5. The van der Waals surface area contributed by atoms with E-state index in [-0.39, 0.29) is 10.8 Å². The second kappa shape index (κ2) is 6.72. The minimum atomic E-state index is -0.142. The molecule has 130 valence electrons. The van der Waals surface area contributed by atoms with E-state index < -0.39 is 0 Å². The summed E-state index contributed by atoms with van der Waals surface area (Å²) in [6.07, 6.45) is 0. The van der Waals surface area contributed by atoms with Crippen LogP contribution >= 0.6 is 11.8 Å². The summed E-state index contributed by atoms with van der Waals surface area (Å²) in [5, 5.41) is 13.1. The normalized spacial score (nSPS) is 12.4. The molecule has 2 aromatic carbocycles. The summed E-state index contributed by atoms with van der Waals surface area (Å²) in [6.45, 7) is 3.99. The van der Waals surface area contributed by atoms with E-state index >= 15 is 0 Å². The van der Waals surface area contributed by atoms with Crippen LogP contribution < -0.4 is 5.56 Å². The molecule has 0 spiro atoms. The van der Waals surface area contributed by atoms with Gasteiger partial charge in [0, 0.05) is 0 Å². The van der Waals surface area contributed by atoms with Crippen LogP contribution in [0, 0.1) is 6.92 Å². The molecule has 1 unspecified atom stereocenters. The number of benzene rings is 2. The minimum absolute atomic E-state index is 0.123. The molecule has 0 amide bonds. The predicted octanol–water partition coefficient (Wildman–Crippen LogP) is 3.06. The molecule has 8 heteroatoms. The van der Waals surface area contributed by atoms with Gasteiger partial charge in [-0.1, -0.05) is 36.0 Å². The molecule has 0 radical (unpaired) electrons. The fourth-order valence-electron chi connectivity index (χ4n) is 2.69. The average molecular weight is 364 g/mol. The second-order valence-corrected chi connectivity index (χ2v) is 7.25. The van der Waals surface area contributed by atoms with Gasteiger partial charge in [-0.05, 0) is 54.1 Å². The molecule has 0 aliphatic rings. The number of aromatic nitrogens is 6. The van der Waals surface area contributed by atoms with Crippen LogP contribution in [-0.2, 0) is 0 Å². The van der Waals surface area contributed by atoms with Gasteiger partial charge in [0.25, 0.3) is 5.56 Å². The Morgan fingerprint density at radius 3 is 2.85 bits per heavy atom. The van der Waals surface area contributed by atoms with Crippen molar-refractivity contribution in [2.75, 3.05) is 0 Å². The van der Waals surface area contributed by atoms with E-state index in [0.29, 0.717) is 21.9 Å². The Labute approximate surface area is 153 Å². The minimum Gasteiger partial charge on any atom is -0.309 e. The van der Waals surface area contributed by atoms with Gasteiger partial charge in [-0.3, -0.25) is 4.79 Å². The predicted molar refractivity (Wildman–Crippen MR) is 101 cm³/mol. The second-order valence-electron chi connectivity index (χ2n) is 5.94. The molecule has 0 aliphatic carbocycles. The van der Waals surface area contributed by atoms with Crippen LogP contribution in [0.2, 0.25) is 0 Å². The van der Waals surface area contributed by atoms with Crippen molar-refractivity contribution in [3.05, 3.63) is 70.3 Å². The zero-order valence-corrected chi connectivity index (χ0v) is 15.1. The highest BCUT2D eigenvalue weighted by Gasteiger charge is 2.17. The highest BCUT2D eigenvalue weighted by atomic mass is 32.2. The van der Waals surface area contributed by atoms with Gasteiger partial charge in [0.05, 0.1) is 21.8 Å². The van der Waals surface area contributed by atoms with E-state index in [4.69, 9.17) is 0 Å². The largest absolute Gasteiger partial charge is 0.309 e. The maximum atomic E-state index is 12.3. The number of para-hydroxylation sites is 1. The number of tetrazole rings is 1. The van der Waals surface area contributed by atoms with Crippen molar-refractivity contribution in [2.45, 2.75) is 24.3 Å². The lowest BCUT2D eigenvalue weighted by atomic mass is 10.2. The molecule has 7 nitrogen and oxygen atoms in total. The van der Waals surface area contributed by atoms with Gasteiger partial charge in [0.1, 0.15) is 5.82 Å². The zero-order chi connectivity index (χ0) is 18.1. The van der Waals surface area contributed by atoms with Crippen molar-refractivity contribution in [1.29, 1.82) is 0 Å². The van der Waals surface area contributed by atoms with Crippen LogP contribution in [0.4, 0.5) is 0 Å². The number of nitrogens with one attached hydrogen (secondary N) is 1. The Bertz CT molecular complexity index is 1140. The first-order chi connectivity index (χ1) is 12.6. The fourth-order valence-corrected chi connectivity index (χ4v) is 3.55. The van der Waals surface area contributed by atoms with E-state index in [1.807, 2.05) is 56.3 Å². The van der Waals surface area contributed by atoms with Crippen LogP contribution in [-0.4, -0.2) is 30.2 Å². The average Bonchev–Trinajstić information content (AvgIpc) is 3.10. The summed E-state index contributed by atoms with van der Waals surface area (Å²) >= 11 is 1.44. The number of hydrogen-bond acceptors (Lipinski definition) is 6. The number of hydrogen-bond donors (Lipinski definition) is 1. The lowest BCUT2D eigenvalue weighted by molar-refractivity contribution is 0.753. The van der Waals surface area contributed by atoms with Crippen LogP contribution in [0.15, 0.2) is 58.5 Å². The Morgan fingerprint density at radius 2 is 2.00 bits per heavy atom. The Balaban J connectivity index is 1.67. The highest BCUT2D eigenvalue weighted by Crippen LogP contribution is 2.32. The van der Waals surface area contributed by atoms with Crippen molar-refractivity contribution >= 4 is 22.7 Å². The van der Waals surface area contributed by atoms with Crippen molar-refractivity contribution in [3.8, 4) is 5.69 Å². The third kappa shape index (κ3) is 3.11. The quantitative estimate of drug-likeness (QED) is 0.560. The summed E-state index contributed by atoms with van der Waals surface area (Å²) in [5.74, 6) is 0.595. The lowest BCUT2D eigenvalue weighted by Gasteiger charge is -2.11. The maximum Gasteiger partial charge on any atom is 0.258 e. The summed E-state index contributed by atoms with van der Waals surface area (Å²) in [5.41, 5.74) is 2.56. The number of thioether (sulfide) groups is 1. The van der Waals surface area contributed by atoms with Gasteiger partial charge >= 0.3 is 0 Å². The molecule has 0 bridgehead atoms. The molecule has 1 atom stereocenters. The van der Waals surface area contributed by atoms with Crippen molar-refractivity contribution < 1.29 is 0 Å². The lowest BCUT2D eigenvalue weighted by Crippen LogP contribution is -2.13. The molecule has 0 saturated heterocycles. The molecule has 4 aromatic rings. The standard InChI is InChI=1S/C18H16N6OS/c1-11-6-5-7-13(10-11)24-18(21-22-23-24)26-12(2)16-19-15-9-4-3-8-14(15)17(25)20-16/h3-10,12H,1-2H3,(H,19,20,25). The van der Waals surface area contributed by atoms with Gasteiger partial charge < -0.3 is 4.98 Å².